The van der Waals surface area contributed by atoms with Crippen molar-refractivity contribution in [3.63, 3.8) is 0 Å². The molecule has 1 saturated carbocycles. The zero-order valence-corrected chi connectivity index (χ0v) is 20.6. The van der Waals surface area contributed by atoms with Crippen molar-refractivity contribution in [2.45, 2.75) is 112 Å². The van der Waals surface area contributed by atoms with E-state index in [0.717, 1.165) is 57.3 Å². The van der Waals surface area contributed by atoms with Gasteiger partial charge in [0, 0.05) is 0 Å². The Morgan fingerprint density at radius 3 is 1.87 bits per heavy atom. The Bertz CT molecular complexity index is 492. The second-order valence-electron chi connectivity index (χ2n) is 11.1. The van der Waals surface area contributed by atoms with E-state index in [0.29, 0.717) is 19.1 Å². The maximum atomic E-state index is 12.7. The van der Waals surface area contributed by atoms with Gasteiger partial charge in [-0.3, -0.25) is 9.59 Å². The third kappa shape index (κ3) is 12.0. The van der Waals surface area contributed by atoms with Gasteiger partial charge in [-0.05, 0) is 49.4 Å². The van der Waals surface area contributed by atoms with Gasteiger partial charge in [0.1, 0.15) is 0 Å². The van der Waals surface area contributed by atoms with Crippen molar-refractivity contribution < 1.29 is 19.1 Å². The van der Waals surface area contributed by atoms with E-state index in [1.165, 1.54) is 19.3 Å². The number of esters is 2. The molecule has 0 amide bonds. The van der Waals surface area contributed by atoms with Crippen LogP contribution >= 0.6 is 0 Å². The molecule has 0 radical (unpaired) electrons. The highest BCUT2D eigenvalue weighted by Gasteiger charge is 2.37. The number of carbonyl (C=O) groups excluding carboxylic acids is 2. The molecule has 30 heavy (non-hydrogen) atoms. The lowest BCUT2D eigenvalue weighted by Gasteiger charge is -2.28. The van der Waals surface area contributed by atoms with Crippen molar-refractivity contribution in [1.29, 1.82) is 0 Å². The number of hydrogen-bond acceptors (Lipinski definition) is 4. The molecule has 1 fully saturated rings. The molecule has 3 atom stereocenters. The zero-order valence-electron chi connectivity index (χ0n) is 20.6. The Balaban J connectivity index is 2.33. The van der Waals surface area contributed by atoms with Crippen molar-refractivity contribution in [3.05, 3.63) is 0 Å². The number of ether oxygens (including phenoxy) is 2. The molecular weight excluding hydrogens is 376 g/mol. The maximum absolute atomic E-state index is 12.7. The first-order valence-corrected chi connectivity index (χ1v) is 12.4. The largest absolute Gasteiger partial charge is 0.465 e. The van der Waals surface area contributed by atoms with Crippen LogP contribution in [-0.4, -0.2) is 25.2 Å². The van der Waals surface area contributed by atoms with E-state index < -0.39 is 0 Å². The van der Waals surface area contributed by atoms with Crippen molar-refractivity contribution in [1.82, 2.24) is 0 Å². The summed E-state index contributed by atoms with van der Waals surface area (Å²) in [6, 6.07) is 0. The standard InChI is InChI=1S/C26H48O4/c1-20(2)13-9-7-8-12-17-29-24(27)22-14-10-11-15-23(22)25(28)30-18-16-21(3)19-26(4,5)6/h20-23H,7-19H2,1-6H3. The predicted molar refractivity (Wildman–Crippen MR) is 123 cm³/mol. The van der Waals surface area contributed by atoms with E-state index in [1.807, 2.05) is 0 Å². The molecule has 0 aromatic heterocycles. The van der Waals surface area contributed by atoms with Crippen LogP contribution in [0.2, 0.25) is 0 Å². The second kappa shape index (κ2) is 14.1. The van der Waals surface area contributed by atoms with Crippen molar-refractivity contribution in [2.24, 2.45) is 29.1 Å². The Morgan fingerprint density at radius 2 is 1.33 bits per heavy atom. The minimum Gasteiger partial charge on any atom is -0.465 e. The fraction of sp³-hybridized carbons (Fsp3) is 0.923. The van der Waals surface area contributed by atoms with Crippen LogP contribution in [-0.2, 0) is 19.1 Å². The van der Waals surface area contributed by atoms with E-state index in [4.69, 9.17) is 9.47 Å². The van der Waals surface area contributed by atoms with Crippen LogP contribution in [0.5, 0.6) is 0 Å². The highest BCUT2D eigenvalue weighted by atomic mass is 16.5. The Hall–Kier alpha value is -1.06. The molecule has 0 bridgehead atoms. The molecule has 0 heterocycles. The lowest BCUT2D eigenvalue weighted by atomic mass is 9.79. The van der Waals surface area contributed by atoms with Crippen LogP contribution in [0.25, 0.3) is 0 Å². The monoisotopic (exact) mass is 424 g/mol. The van der Waals surface area contributed by atoms with Crippen LogP contribution in [0.15, 0.2) is 0 Å². The van der Waals surface area contributed by atoms with E-state index in [-0.39, 0.29) is 29.2 Å². The van der Waals surface area contributed by atoms with Crippen LogP contribution in [0.3, 0.4) is 0 Å². The average molecular weight is 425 g/mol. The van der Waals surface area contributed by atoms with Crippen LogP contribution in [0.4, 0.5) is 0 Å². The second-order valence-corrected chi connectivity index (χ2v) is 11.1. The van der Waals surface area contributed by atoms with Gasteiger partial charge in [0.25, 0.3) is 0 Å². The summed E-state index contributed by atoms with van der Waals surface area (Å²) in [4.78, 5) is 25.3. The SMILES string of the molecule is CC(C)CCCCCCOC(=O)C1CCCCC1C(=O)OCCC(C)CC(C)(C)C. The number of unbranched alkanes of at least 4 members (excludes halogenated alkanes) is 3. The van der Waals surface area contributed by atoms with E-state index in [1.54, 1.807) is 0 Å². The number of rotatable bonds is 13. The molecular formula is C26H48O4. The van der Waals surface area contributed by atoms with Crippen LogP contribution in [0, 0.1) is 29.1 Å². The number of carbonyl (C=O) groups is 2. The average Bonchev–Trinajstić information content (AvgIpc) is 2.65. The zero-order chi connectivity index (χ0) is 22.6. The van der Waals surface area contributed by atoms with E-state index in [9.17, 15) is 9.59 Å². The van der Waals surface area contributed by atoms with Gasteiger partial charge in [-0.25, -0.2) is 0 Å². The van der Waals surface area contributed by atoms with Gasteiger partial charge in [0.15, 0.2) is 0 Å². The van der Waals surface area contributed by atoms with E-state index in [2.05, 4.69) is 41.5 Å². The van der Waals surface area contributed by atoms with Crippen molar-refractivity contribution in [2.75, 3.05) is 13.2 Å². The van der Waals surface area contributed by atoms with Gasteiger partial charge in [-0.2, -0.15) is 0 Å². The third-order valence-electron chi connectivity index (χ3n) is 6.11. The van der Waals surface area contributed by atoms with Crippen molar-refractivity contribution >= 4 is 11.9 Å². The van der Waals surface area contributed by atoms with Gasteiger partial charge in [-0.15, -0.1) is 0 Å². The molecule has 0 aliphatic heterocycles. The minimum absolute atomic E-state index is 0.195. The van der Waals surface area contributed by atoms with Gasteiger partial charge in [-0.1, -0.05) is 80.1 Å². The topological polar surface area (TPSA) is 52.6 Å². The summed E-state index contributed by atoms with van der Waals surface area (Å²) >= 11 is 0. The minimum atomic E-state index is -0.324. The van der Waals surface area contributed by atoms with E-state index >= 15 is 0 Å². The molecule has 0 aromatic rings. The molecule has 176 valence electrons. The quantitative estimate of drug-likeness (QED) is 0.237. The number of hydrogen-bond donors (Lipinski definition) is 0. The molecule has 0 aromatic carbocycles. The molecule has 0 N–H and O–H groups in total. The summed E-state index contributed by atoms with van der Waals surface area (Å²) in [6.07, 6.45) is 11.2. The predicted octanol–water partition coefficient (Wildman–Crippen LogP) is 6.95. The summed E-state index contributed by atoms with van der Waals surface area (Å²) in [5.74, 6) is 0.237. The highest BCUT2D eigenvalue weighted by molar-refractivity contribution is 5.82. The van der Waals surface area contributed by atoms with Crippen LogP contribution < -0.4 is 0 Å². The Morgan fingerprint density at radius 1 is 0.800 bits per heavy atom. The van der Waals surface area contributed by atoms with Crippen molar-refractivity contribution in [3.8, 4) is 0 Å². The van der Waals surface area contributed by atoms with Gasteiger partial charge in [0.05, 0.1) is 25.0 Å². The maximum Gasteiger partial charge on any atom is 0.309 e. The molecule has 1 aliphatic rings. The summed E-state index contributed by atoms with van der Waals surface area (Å²) < 4.78 is 11.1. The molecule has 1 aliphatic carbocycles. The molecule has 0 saturated heterocycles. The van der Waals surface area contributed by atoms with Gasteiger partial charge < -0.3 is 9.47 Å². The summed E-state index contributed by atoms with van der Waals surface area (Å²) in [5.41, 5.74) is 0.288. The van der Waals surface area contributed by atoms with Crippen LogP contribution in [0.1, 0.15) is 112 Å². The molecule has 4 nitrogen and oxygen atoms in total. The first-order valence-electron chi connectivity index (χ1n) is 12.4. The molecule has 0 spiro atoms. The summed E-state index contributed by atoms with van der Waals surface area (Å²) in [7, 11) is 0. The molecule has 4 heteroatoms. The Labute approximate surface area is 185 Å². The molecule has 3 unspecified atom stereocenters. The normalized spacial score (nSPS) is 20.8. The fourth-order valence-corrected chi connectivity index (χ4v) is 4.60. The Kier molecular flexibility index (Phi) is 12.7. The summed E-state index contributed by atoms with van der Waals surface area (Å²) in [6.45, 7) is 14.3. The fourth-order valence-electron chi connectivity index (χ4n) is 4.60. The lowest BCUT2D eigenvalue weighted by Crippen LogP contribution is -2.35. The van der Waals surface area contributed by atoms with Gasteiger partial charge >= 0.3 is 11.9 Å². The lowest BCUT2D eigenvalue weighted by molar-refractivity contribution is -0.163. The summed E-state index contributed by atoms with van der Waals surface area (Å²) in [5, 5.41) is 0. The smallest absolute Gasteiger partial charge is 0.309 e. The highest BCUT2D eigenvalue weighted by Crippen LogP contribution is 2.32. The van der Waals surface area contributed by atoms with Gasteiger partial charge in [0.2, 0.25) is 0 Å². The molecule has 1 rings (SSSR count). The first kappa shape index (κ1) is 27.0. The first-order chi connectivity index (χ1) is 14.1. The third-order valence-corrected chi connectivity index (χ3v) is 6.11.